The molecule has 0 atom stereocenters. The van der Waals surface area contributed by atoms with Gasteiger partial charge in [-0.1, -0.05) is 0 Å². The van der Waals surface area contributed by atoms with E-state index in [1.54, 1.807) is 0 Å². The van der Waals surface area contributed by atoms with E-state index in [0.29, 0.717) is 0 Å². The molecule has 7 heteroatoms. The summed E-state index contributed by atoms with van der Waals surface area (Å²) in [4.78, 5) is 0. The van der Waals surface area contributed by atoms with Gasteiger partial charge in [0.15, 0.2) is 0 Å². The van der Waals surface area contributed by atoms with E-state index in [9.17, 15) is 0 Å². The second-order valence-corrected chi connectivity index (χ2v) is 9.32. The fraction of sp³-hybridized carbons (Fsp3) is 0. The number of hydrogen-bond donors (Lipinski definition) is 0. The first-order chi connectivity index (χ1) is 9.38. The van der Waals surface area contributed by atoms with E-state index in [0.717, 1.165) is 23.0 Å². The average Bonchev–Trinajstić information content (AvgIpc) is 3.00. The number of hydrogen-bond acceptors (Lipinski definition) is 5. The van der Waals surface area contributed by atoms with Crippen LogP contribution in [0.2, 0.25) is 0 Å². The van der Waals surface area contributed by atoms with Crippen molar-refractivity contribution in [1.29, 1.82) is 0 Å². The van der Waals surface area contributed by atoms with Gasteiger partial charge in [-0.15, -0.1) is 0 Å². The monoisotopic (exact) mass is 382 g/mol. The fourth-order valence-electron chi connectivity index (χ4n) is 1.68. The molecule has 2 heterocycles. The minimum atomic E-state index is -2.31. The van der Waals surface area contributed by atoms with E-state index in [2.05, 4.69) is 0 Å². The molecular weight excluding hydrogens is 374 g/mol. The normalized spacial score (nSPS) is 16.8. The molecule has 0 amide bonds. The number of benzene rings is 2. The van der Waals surface area contributed by atoms with Crippen LogP contribution in [-0.2, 0) is 2.72 Å². The van der Waals surface area contributed by atoms with Crippen LogP contribution in [0.15, 0.2) is 48.5 Å². The van der Waals surface area contributed by atoms with Crippen molar-refractivity contribution in [1.82, 2.24) is 0 Å². The van der Waals surface area contributed by atoms with Crippen molar-refractivity contribution in [3.8, 4) is 23.0 Å². The number of fused-ring (bicyclic) bond motifs is 2. The molecule has 2 aromatic carbocycles. The zero-order valence-electron chi connectivity index (χ0n) is 9.55. The van der Waals surface area contributed by atoms with Gasteiger partial charge in [0.25, 0.3) is 0 Å². The first-order valence-electron chi connectivity index (χ1n) is 5.57. The van der Waals surface area contributed by atoms with Gasteiger partial charge in [0.05, 0.1) is 0 Å². The van der Waals surface area contributed by atoms with Gasteiger partial charge in [-0.2, -0.15) is 0 Å². The molecule has 0 unspecified atom stereocenters. The summed E-state index contributed by atoms with van der Waals surface area (Å²) in [6, 6.07) is 15.0. The maximum absolute atomic E-state index is 5.74. The van der Waals surface area contributed by atoms with Crippen LogP contribution in [0, 0.1) is 0 Å². The summed E-state index contributed by atoms with van der Waals surface area (Å²) in [5.41, 5.74) is 0. The zero-order valence-corrected chi connectivity index (χ0v) is 13.3. The summed E-state index contributed by atoms with van der Waals surface area (Å²) in [6.07, 6.45) is 0. The molecule has 0 saturated carbocycles. The van der Waals surface area contributed by atoms with Gasteiger partial charge in [-0.3, -0.25) is 0 Å². The SMILES string of the molecule is c1ccc2c(c1)O[As](O[As]1Oc3ccccc3O1)O2. The summed E-state index contributed by atoms with van der Waals surface area (Å²) in [6.45, 7) is 0. The second-order valence-electron chi connectivity index (χ2n) is 3.79. The zero-order chi connectivity index (χ0) is 12.7. The predicted molar refractivity (Wildman–Crippen MR) is 68.0 cm³/mol. The van der Waals surface area contributed by atoms with Gasteiger partial charge >= 0.3 is 120 Å². The number of rotatable bonds is 2. The molecule has 0 bridgehead atoms. The van der Waals surface area contributed by atoms with E-state index in [4.69, 9.17) is 17.6 Å². The summed E-state index contributed by atoms with van der Waals surface area (Å²) in [7, 11) is 0. The van der Waals surface area contributed by atoms with E-state index >= 15 is 0 Å². The Morgan fingerprint density at radius 2 is 0.895 bits per heavy atom. The molecule has 0 aromatic heterocycles. The fourth-order valence-corrected chi connectivity index (χ4v) is 7.60. The van der Waals surface area contributed by atoms with Crippen molar-refractivity contribution < 1.29 is 17.6 Å². The minimum absolute atomic E-state index is 0.730. The van der Waals surface area contributed by atoms with Crippen LogP contribution in [-0.4, -0.2) is 31.4 Å². The van der Waals surface area contributed by atoms with Crippen molar-refractivity contribution in [2.75, 3.05) is 0 Å². The van der Waals surface area contributed by atoms with Crippen molar-refractivity contribution >= 4 is 31.4 Å². The Hall–Kier alpha value is -1.28. The quantitative estimate of drug-likeness (QED) is 0.743. The number of para-hydroxylation sites is 4. The predicted octanol–water partition coefficient (Wildman–Crippen LogP) is 1.92. The average molecular weight is 382 g/mol. The molecule has 0 radical (unpaired) electrons. The molecule has 0 fully saturated rings. The van der Waals surface area contributed by atoms with Gasteiger partial charge in [0.2, 0.25) is 0 Å². The van der Waals surface area contributed by atoms with Crippen LogP contribution >= 0.6 is 0 Å². The van der Waals surface area contributed by atoms with Crippen LogP contribution in [0.3, 0.4) is 0 Å². The van der Waals surface area contributed by atoms with Gasteiger partial charge in [-0.25, -0.2) is 0 Å². The van der Waals surface area contributed by atoms with Crippen LogP contribution in [0.5, 0.6) is 23.0 Å². The molecular formula is C12H8As2O5. The Morgan fingerprint density at radius 3 is 1.21 bits per heavy atom. The standard InChI is InChI=1S/C12H8As2O5/c1-2-6-10-9(5-1)15-13(16-10)19-14-17-11-7-3-4-8-12(11)18-14/h1-8H. The Labute approximate surface area is 120 Å². The van der Waals surface area contributed by atoms with Crippen LogP contribution < -0.4 is 14.9 Å². The van der Waals surface area contributed by atoms with Gasteiger partial charge in [0.1, 0.15) is 0 Å². The Bertz CT molecular complexity index is 517. The van der Waals surface area contributed by atoms with E-state index < -0.39 is 31.4 Å². The molecule has 2 aliphatic rings. The molecule has 0 saturated heterocycles. The summed E-state index contributed by atoms with van der Waals surface area (Å²) in [5, 5.41) is 0. The Morgan fingerprint density at radius 1 is 0.579 bits per heavy atom. The first kappa shape index (κ1) is 11.5. The van der Waals surface area contributed by atoms with Crippen molar-refractivity contribution in [3.63, 3.8) is 0 Å². The maximum atomic E-state index is 5.74. The van der Waals surface area contributed by atoms with Crippen LogP contribution in [0.25, 0.3) is 0 Å². The molecule has 0 N–H and O–H groups in total. The molecule has 4 rings (SSSR count). The van der Waals surface area contributed by atoms with Crippen LogP contribution in [0.4, 0.5) is 0 Å². The van der Waals surface area contributed by atoms with Crippen molar-refractivity contribution in [2.45, 2.75) is 0 Å². The van der Waals surface area contributed by atoms with Gasteiger partial charge in [0, 0.05) is 0 Å². The topological polar surface area (TPSA) is 46.2 Å². The Balaban J connectivity index is 1.43. The third-order valence-corrected chi connectivity index (χ3v) is 8.89. The van der Waals surface area contributed by atoms with Gasteiger partial charge < -0.3 is 0 Å². The third kappa shape index (κ3) is 2.18. The summed E-state index contributed by atoms with van der Waals surface area (Å²) in [5.74, 6) is 2.92. The van der Waals surface area contributed by atoms with Gasteiger partial charge in [-0.05, 0) is 0 Å². The molecule has 2 aromatic rings. The molecule has 0 aliphatic carbocycles. The molecule has 5 nitrogen and oxygen atoms in total. The van der Waals surface area contributed by atoms with Crippen LogP contribution in [0.1, 0.15) is 0 Å². The summed E-state index contributed by atoms with van der Waals surface area (Å²) < 4.78 is 28.3. The second kappa shape index (κ2) is 4.68. The Kier molecular flexibility index (Phi) is 2.84. The van der Waals surface area contributed by atoms with E-state index in [-0.39, 0.29) is 0 Å². The van der Waals surface area contributed by atoms with E-state index in [1.807, 2.05) is 48.5 Å². The summed E-state index contributed by atoms with van der Waals surface area (Å²) >= 11 is -4.62. The molecule has 96 valence electrons. The molecule has 19 heavy (non-hydrogen) atoms. The van der Waals surface area contributed by atoms with E-state index in [1.165, 1.54) is 0 Å². The first-order valence-corrected chi connectivity index (χ1v) is 10.2. The van der Waals surface area contributed by atoms with Crippen molar-refractivity contribution in [2.24, 2.45) is 0 Å². The van der Waals surface area contributed by atoms with Crippen molar-refractivity contribution in [3.05, 3.63) is 48.5 Å². The molecule has 2 aliphatic heterocycles. The third-order valence-electron chi connectivity index (χ3n) is 2.52. The molecule has 0 spiro atoms.